The maximum atomic E-state index is 12.8. The van der Waals surface area contributed by atoms with Gasteiger partial charge >= 0.3 is 5.97 Å². The number of aryl methyl sites for hydroxylation is 1. The number of esters is 1. The number of hydrogen-bond donors (Lipinski definition) is 3. The largest absolute Gasteiger partial charge is 0.454 e. The highest BCUT2D eigenvalue weighted by molar-refractivity contribution is 7.17. The van der Waals surface area contributed by atoms with Crippen molar-refractivity contribution < 1.29 is 28.3 Å². The Balaban J connectivity index is 1.47. The number of primary amides is 1. The zero-order valence-electron chi connectivity index (χ0n) is 15.2. The topological polar surface area (TPSA) is 128 Å². The van der Waals surface area contributed by atoms with Crippen LogP contribution in [-0.2, 0) is 27.2 Å². The molecule has 0 unspecified atom stereocenters. The molecule has 0 saturated carbocycles. The molecule has 10 heteroatoms. The molecule has 1 aromatic heterocycles. The molecular formula is C19H18FN3O5S. The smallest absolute Gasteiger partial charge is 0.325 e. The van der Waals surface area contributed by atoms with Gasteiger partial charge in [0, 0.05) is 10.4 Å². The van der Waals surface area contributed by atoms with Crippen LogP contribution in [0.3, 0.4) is 0 Å². The second-order valence-electron chi connectivity index (χ2n) is 6.32. The van der Waals surface area contributed by atoms with Crippen molar-refractivity contribution in [2.45, 2.75) is 19.3 Å². The van der Waals surface area contributed by atoms with Gasteiger partial charge in [-0.3, -0.25) is 19.2 Å². The molecule has 1 aliphatic carbocycles. The number of ether oxygens (including phenoxy) is 1. The SMILES string of the molecule is NC(=O)c1c(NC(=O)COC(=O)CNC(=O)c2ccc(F)cc2)sc2c1CCC2. The van der Waals surface area contributed by atoms with E-state index in [0.29, 0.717) is 10.6 Å². The molecule has 8 nitrogen and oxygen atoms in total. The average Bonchev–Trinajstić information content (AvgIpc) is 3.25. The highest BCUT2D eigenvalue weighted by atomic mass is 32.1. The van der Waals surface area contributed by atoms with Gasteiger partial charge in [0.2, 0.25) is 0 Å². The third-order valence-electron chi connectivity index (χ3n) is 4.28. The van der Waals surface area contributed by atoms with E-state index in [1.54, 1.807) is 0 Å². The monoisotopic (exact) mass is 419 g/mol. The molecule has 3 rings (SSSR count). The average molecular weight is 419 g/mol. The lowest BCUT2D eigenvalue weighted by atomic mass is 10.1. The molecule has 3 amide bonds. The van der Waals surface area contributed by atoms with Gasteiger partial charge in [0.05, 0.1) is 5.56 Å². The molecule has 4 N–H and O–H groups in total. The molecule has 1 heterocycles. The first-order valence-corrected chi connectivity index (χ1v) is 9.60. The second-order valence-corrected chi connectivity index (χ2v) is 7.43. The second kappa shape index (κ2) is 8.82. The maximum absolute atomic E-state index is 12.8. The molecule has 0 fully saturated rings. The molecule has 152 valence electrons. The summed E-state index contributed by atoms with van der Waals surface area (Å²) in [5, 5.41) is 5.22. The van der Waals surface area contributed by atoms with Crippen molar-refractivity contribution in [2.24, 2.45) is 5.73 Å². The number of thiophene rings is 1. The van der Waals surface area contributed by atoms with Crippen LogP contribution in [0.1, 0.15) is 37.6 Å². The number of nitrogens with one attached hydrogen (secondary N) is 2. The predicted molar refractivity (Wildman–Crippen MR) is 103 cm³/mol. The quantitative estimate of drug-likeness (QED) is 0.585. The van der Waals surface area contributed by atoms with Gasteiger partial charge in [-0.05, 0) is 49.1 Å². The molecule has 0 spiro atoms. The Kier molecular flexibility index (Phi) is 6.23. The summed E-state index contributed by atoms with van der Waals surface area (Å²) in [6.07, 6.45) is 2.51. The molecule has 1 aromatic carbocycles. The third-order valence-corrected chi connectivity index (χ3v) is 5.49. The Bertz CT molecular complexity index is 971. The van der Waals surface area contributed by atoms with Crippen molar-refractivity contribution in [3.63, 3.8) is 0 Å². The van der Waals surface area contributed by atoms with Crippen LogP contribution in [0.4, 0.5) is 9.39 Å². The van der Waals surface area contributed by atoms with E-state index in [1.165, 1.54) is 23.5 Å². The fourth-order valence-corrected chi connectivity index (χ4v) is 4.28. The summed E-state index contributed by atoms with van der Waals surface area (Å²) in [5.74, 6) is -3.11. The minimum absolute atomic E-state index is 0.182. The Morgan fingerprint density at radius 1 is 1.14 bits per heavy atom. The van der Waals surface area contributed by atoms with E-state index < -0.39 is 42.7 Å². The Morgan fingerprint density at radius 3 is 2.55 bits per heavy atom. The van der Waals surface area contributed by atoms with Gasteiger partial charge in [-0.25, -0.2) is 4.39 Å². The van der Waals surface area contributed by atoms with E-state index in [-0.39, 0.29) is 5.56 Å². The first kappa shape index (κ1) is 20.5. The van der Waals surface area contributed by atoms with Crippen LogP contribution in [0, 0.1) is 5.82 Å². The number of hydrogen-bond acceptors (Lipinski definition) is 6. The van der Waals surface area contributed by atoms with Crippen molar-refractivity contribution in [1.82, 2.24) is 5.32 Å². The van der Waals surface area contributed by atoms with Crippen LogP contribution in [0.25, 0.3) is 0 Å². The van der Waals surface area contributed by atoms with E-state index in [4.69, 9.17) is 10.5 Å². The van der Waals surface area contributed by atoms with Gasteiger partial charge in [0.25, 0.3) is 17.7 Å². The van der Waals surface area contributed by atoms with Gasteiger partial charge in [0.1, 0.15) is 17.4 Å². The van der Waals surface area contributed by atoms with Crippen LogP contribution in [-0.4, -0.2) is 36.8 Å². The number of amides is 3. The van der Waals surface area contributed by atoms with E-state index in [0.717, 1.165) is 41.8 Å². The Morgan fingerprint density at radius 2 is 1.86 bits per heavy atom. The highest BCUT2D eigenvalue weighted by Crippen LogP contribution is 2.38. The number of rotatable bonds is 7. The summed E-state index contributed by atoms with van der Waals surface area (Å²) in [6.45, 7) is -1.03. The highest BCUT2D eigenvalue weighted by Gasteiger charge is 2.26. The maximum Gasteiger partial charge on any atom is 0.325 e. The van der Waals surface area contributed by atoms with Crippen molar-refractivity contribution >= 4 is 40.0 Å². The van der Waals surface area contributed by atoms with Gasteiger partial charge < -0.3 is 21.1 Å². The molecule has 0 radical (unpaired) electrons. The van der Waals surface area contributed by atoms with E-state index in [9.17, 15) is 23.6 Å². The summed E-state index contributed by atoms with van der Waals surface area (Å²) in [4.78, 5) is 48.4. The zero-order chi connectivity index (χ0) is 21.0. The summed E-state index contributed by atoms with van der Waals surface area (Å²) >= 11 is 1.30. The number of nitrogens with two attached hydrogens (primary N) is 1. The number of carbonyl (C=O) groups excluding carboxylic acids is 4. The number of carbonyl (C=O) groups is 4. The van der Waals surface area contributed by atoms with Gasteiger partial charge in [0.15, 0.2) is 6.61 Å². The lowest BCUT2D eigenvalue weighted by Gasteiger charge is -2.08. The van der Waals surface area contributed by atoms with Crippen LogP contribution in [0.5, 0.6) is 0 Å². The van der Waals surface area contributed by atoms with Gasteiger partial charge in [-0.2, -0.15) is 0 Å². The van der Waals surface area contributed by atoms with Crippen LogP contribution in [0.15, 0.2) is 24.3 Å². The fourth-order valence-electron chi connectivity index (χ4n) is 2.97. The van der Waals surface area contributed by atoms with Crippen LogP contribution >= 0.6 is 11.3 Å². The molecular weight excluding hydrogens is 401 g/mol. The van der Waals surface area contributed by atoms with Crippen LogP contribution in [0.2, 0.25) is 0 Å². The molecule has 29 heavy (non-hydrogen) atoms. The zero-order valence-corrected chi connectivity index (χ0v) is 16.1. The van der Waals surface area contributed by atoms with E-state index in [1.807, 2.05) is 0 Å². The Hall–Kier alpha value is -3.27. The van der Waals surface area contributed by atoms with Gasteiger partial charge in [-0.1, -0.05) is 0 Å². The van der Waals surface area contributed by atoms with Crippen molar-refractivity contribution in [3.05, 3.63) is 51.7 Å². The molecule has 0 bridgehead atoms. The first-order chi connectivity index (χ1) is 13.8. The summed E-state index contributed by atoms with van der Waals surface area (Å²) in [5.41, 5.74) is 6.79. The standard InChI is InChI=1S/C19H18FN3O5S/c20-11-6-4-10(5-7-11)18(27)22-8-15(25)28-9-14(24)23-19-16(17(21)26)12-2-1-3-13(12)29-19/h4-7H,1-3,8-9H2,(H2,21,26)(H,22,27)(H,23,24). The predicted octanol–water partition coefficient (Wildman–Crippen LogP) is 1.39. The minimum Gasteiger partial charge on any atom is -0.454 e. The van der Waals surface area contributed by atoms with Crippen molar-refractivity contribution in [2.75, 3.05) is 18.5 Å². The minimum atomic E-state index is -0.820. The fraction of sp³-hybridized carbons (Fsp3) is 0.263. The van der Waals surface area contributed by atoms with Gasteiger partial charge in [-0.15, -0.1) is 11.3 Å². The number of benzene rings is 1. The molecule has 0 aliphatic heterocycles. The molecule has 2 aromatic rings. The lowest BCUT2D eigenvalue weighted by molar-refractivity contribution is -0.146. The molecule has 0 atom stereocenters. The summed E-state index contributed by atoms with van der Waals surface area (Å²) < 4.78 is 17.7. The Labute approximate surface area is 169 Å². The summed E-state index contributed by atoms with van der Waals surface area (Å²) in [7, 11) is 0. The number of fused-ring (bicyclic) bond motifs is 1. The number of anilines is 1. The normalized spacial score (nSPS) is 12.2. The summed E-state index contributed by atoms with van der Waals surface area (Å²) in [6, 6.07) is 4.80. The van der Waals surface area contributed by atoms with Crippen LogP contribution < -0.4 is 16.4 Å². The van der Waals surface area contributed by atoms with E-state index in [2.05, 4.69) is 10.6 Å². The van der Waals surface area contributed by atoms with Crippen molar-refractivity contribution in [3.8, 4) is 0 Å². The van der Waals surface area contributed by atoms with E-state index >= 15 is 0 Å². The van der Waals surface area contributed by atoms with Crippen molar-refractivity contribution in [1.29, 1.82) is 0 Å². The third kappa shape index (κ3) is 4.96. The number of halogens is 1. The lowest BCUT2D eigenvalue weighted by Crippen LogP contribution is -2.32. The molecule has 0 saturated heterocycles. The molecule has 1 aliphatic rings. The first-order valence-electron chi connectivity index (χ1n) is 8.78.